The van der Waals surface area contributed by atoms with Crippen molar-refractivity contribution in [1.82, 2.24) is 24.3 Å². The summed E-state index contributed by atoms with van der Waals surface area (Å²) in [5.41, 5.74) is 5.38. The summed E-state index contributed by atoms with van der Waals surface area (Å²) in [4.78, 5) is 27.4. The molecular formula is C33H39F2N5O. The van der Waals surface area contributed by atoms with E-state index in [-0.39, 0.29) is 44.4 Å². The minimum absolute atomic E-state index is 0.0906. The maximum Gasteiger partial charge on any atom is 0.251 e. The largest absolute Gasteiger partial charge is 0.341 e. The first kappa shape index (κ1) is 27.8. The fraction of sp³-hybridized carbons (Fsp3) is 0.485. The molecule has 0 saturated carbocycles. The van der Waals surface area contributed by atoms with E-state index < -0.39 is 5.92 Å². The lowest BCUT2D eigenvalue weighted by molar-refractivity contribution is -0.137. The molecule has 0 spiro atoms. The van der Waals surface area contributed by atoms with Gasteiger partial charge < -0.3 is 9.47 Å². The number of aryl methyl sites for hydroxylation is 1. The molecule has 1 saturated heterocycles. The van der Waals surface area contributed by atoms with Crippen LogP contribution in [0.15, 0.2) is 54.9 Å². The van der Waals surface area contributed by atoms with E-state index in [0.29, 0.717) is 6.54 Å². The van der Waals surface area contributed by atoms with Crippen LogP contribution in [0, 0.1) is 0 Å². The summed E-state index contributed by atoms with van der Waals surface area (Å²) in [5, 5.41) is 2.14. The van der Waals surface area contributed by atoms with E-state index in [9.17, 15) is 13.6 Å². The summed E-state index contributed by atoms with van der Waals surface area (Å²) in [7, 11) is 0. The number of alkyl halides is 2. The van der Waals surface area contributed by atoms with E-state index >= 15 is 0 Å². The molecule has 1 aliphatic heterocycles. The molecule has 6 rings (SSSR count). The molecule has 1 aliphatic carbocycles. The Labute approximate surface area is 240 Å². The third kappa shape index (κ3) is 5.71. The highest BCUT2D eigenvalue weighted by Crippen LogP contribution is 2.36. The third-order valence-corrected chi connectivity index (χ3v) is 8.90. The van der Waals surface area contributed by atoms with Gasteiger partial charge in [-0.25, -0.2) is 8.78 Å². The number of amides is 1. The van der Waals surface area contributed by atoms with Gasteiger partial charge in [-0.1, -0.05) is 44.0 Å². The Bertz CT molecular complexity index is 1520. The SMILES string of the molecule is CCCCCN(Cc1nccc2c3ccccc3n(CC(=O)N3CCC(F)(F)CC3)c12)C1CCCc2cccnc21. The van der Waals surface area contributed by atoms with Gasteiger partial charge in [-0.2, -0.15) is 0 Å². The molecule has 1 unspecified atom stereocenters. The van der Waals surface area contributed by atoms with Crippen LogP contribution in [0.5, 0.6) is 0 Å². The van der Waals surface area contributed by atoms with Crippen LogP contribution in [0.2, 0.25) is 0 Å². The second-order valence-corrected chi connectivity index (χ2v) is 11.6. The first-order chi connectivity index (χ1) is 19.9. The first-order valence-electron chi connectivity index (χ1n) is 15.1. The van der Waals surface area contributed by atoms with Crippen LogP contribution in [0.1, 0.15) is 74.9 Å². The van der Waals surface area contributed by atoms with Gasteiger partial charge in [0.1, 0.15) is 6.54 Å². The number of aromatic nitrogens is 3. The molecule has 2 aliphatic rings. The number of rotatable bonds is 9. The lowest BCUT2D eigenvalue weighted by Crippen LogP contribution is -2.44. The predicted molar refractivity (Wildman–Crippen MR) is 158 cm³/mol. The average Bonchev–Trinajstić information content (AvgIpc) is 3.30. The summed E-state index contributed by atoms with van der Waals surface area (Å²) >= 11 is 0. The molecule has 41 heavy (non-hydrogen) atoms. The standard InChI is InChI=1S/C33H39F2N5O/c1-2-3-6-19-39(29-13-7-9-24-10-8-17-37-31(24)29)22-27-32-26(14-18-36-27)25-11-4-5-12-28(25)40(32)23-30(41)38-20-15-33(34,35)16-21-38/h4-5,8,10-12,14,17-18,29H,2-3,6-7,9,13,15-16,19-23H2,1H3. The van der Waals surface area contributed by atoms with Crippen LogP contribution in [-0.2, 0) is 24.3 Å². The topological polar surface area (TPSA) is 54.3 Å². The molecule has 0 N–H and O–H groups in total. The molecule has 8 heteroatoms. The van der Waals surface area contributed by atoms with Crippen molar-refractivity contribution in [2.24, 2.45) is 0 Å². The van der Waals surface area contributed by atoms with Crippen LogP contribution < -0.4 is 0 Å². The fourth-order valence-corrected chi connectivity index (χ4v) is 6.71. The number of pyridine rings is 2. The van der Waals surface area contributed by atoms with Gasteiger partial charge in [-0.15, -0.1) is 0 Å². The van der Waals surface area contributed by atoms with E-state index in [1.54, 1.807) is 4.90 Å². The summed E-state index contributed by atoms with van der Waals surface area (Å²) in [6, 6.07) is 14.6. The summed E-state index contributed by atoms with van der Waals surface area (Å²) in [6.45, 7) is 4.12. The number of hydrogen-bond acceptors (Lipinski definition) is 4. The van der Waals surface area contributed by atoms with Gasteiger partial charge in [0, 0.05) is 61.2 Å². The normalized spacial score (nSPS) is 18.7. The van der Waals surface area contributed by atoms with Crippen molar-refractivity contribution < 1.29 is 13.6 Å². The molecule has 1 fully saturated rings. The zero-order valence-electron chi connectivity index (χ0n) is 23.9. The van der Waals surface area contributed by atoms with E-state index in [1.165, 1.54) is 17.7 Å². The Hall–Kier alpha value is -3.39. The molecular weight excluding hydrogens is 520 g/mol. The zero-order chi connectivity index (χ0) is 28.4. The van der Waals surface area contributed by atoms with Crippen molar-refractivity contribution in [3.63, 3.8) is 0 Å². The maximum atomic E-state index is 13.8. The maximum absolute atomic E-state index is 13.8. The number of likely N-dealkylation sites (tertiary alicyclic amines) is 1. The number of piperidine rings is 1. The number of para-hydroxylation sites is 1. The summed E-state index contributed by atoms with van der Waals surface area (Å²) in [6.07, 6.45) is 9.91. The Balaban J connectivity index is 1.38. The van der Waals surface area contributed by atoms with Crippen molar-refractivity contribution in [3.8, 4) is 0 Å². The minimum atomic E-state index is -2.69. The van der Waals surface area contributed by atoms with Gasteiger partial charge in [-0.05, 0) is 56.0 Å². The van der Waals surface area contributed by atoms with Gasteiger partial charge in [0.25, 0.3) is 5.92 Å². The fourth-order valence-electron chi connectivity index (χ4n) is 6.71. The van der Waals surface area contributed by atoms with E-state index in [2.05, 4.69) is 28.5 Å². The van der Waals surface area contributed by atoms with E-state index in [0.717, 1.165) is 66.1 Å². The Morgan fingerprint density at radius 1 is 1.02 bits per heavy atom. The van der Waals surface area contributed by atoms with E-state index in [4.69, 9.17) is 9.97 Å². The van der Waals surface area contributed by atoms with Crippen LogP contribution >= 0.6 is 0 Å². The highest BCUT2D eigenvalue weighted by atomic mass is 19.3. The predicted octanol–water partition coefficient (Wildman–Crippen LogP) is 6.91. The highest BCUT2D eigenvalue weighted by Gasteiger charge is 2.36. The Kier molecular flexibility index (Phi) is 8.02. The van der Waals surface area contributed by atoms with E-state index in [1.807, 2.05) is 42.7 Å². The van der Waals surface area contributed by atoms with Crippen molar-refractivity contribution in [3.05, 3.63) is 71.8 Å². The molecule has 0 radical (unpaired) electrons. The smallest absolute Gasteiger partial charge is 0.251 e. The second-order valence-electron chi connectivity index (χ2n) is 11.6. The number of hydrogen-bond donors (Lipinski definition) is 0. The van der Waals surface area contributed by atoms with Gasteiger partial charge in [0.15, 0.2) is 0 Å². The number of carbonyl (C=O) groups is 1. The second kappa shape index (κ2) is 11.8. The van der Waals surface area contributed by atoms with Crippen molar-refractivity contribution >= 4 is 27.7 Å². The molecule has 0 bridgehead atoms. The summed E-state index contributed by atoms with van der Waals surface area (Å²) < 4.78 is 29.7. The van der Waals surface area contributed by atoms with Crippen molar-refractivity contribution in [1.29, 1.82) is 0 Å². The molecule has 1 amide bonds. The molecule has 6 nitrogen and oxygen atoms in total. The van der Waals surface area contributed by atoms with Crippen LogP contribution in [0.4, 0.5) is 8.78 Å². The Morgan fingerprint density at radius 2 is 1.85 bits per heavy atom. The Morgan fingerprint density at radius 3 is 2.68 bits per heavy atom. The number of carbonyl (C=O) groups excluding carboxylic acids is 1. The number of unbranched alkanes of at least 4 members (excludes halogenated alkanes) is 2. The number of benzene rings is 1. The van der Waals surface area contributed by atoms with Crippen molar-refractivity contribution in [2.75, 3.05) is 19.6 Å². The van der Waals surface area contributed by atoms with Gasteiger partial charge in [0.2, 0.25) is 5.91 Å². The molecule has 3 aromatic heterocycles. The number of halogens is 2. The lowest BCUT2D eigenvalue weighted by atomic mass is 9.90. The molecule has 4 heterocycles. The molecule has 216 valence electrons. The van der Waals surface area contributed by atoms with Crippen molar-refractivity contribution in [2.45, 2.75) is 83.3 Å². The number of nitrogens with zero attached hydrogens (tertiary/aromatic N) is 5. The van der Waals surface area contributed by atoms with Crippen LogP contribution in [-0.4, -0.2) is 55.8 Å². The summed E-state index contributed by atoms with van der Waals surface area (Å²) in [5.74, 6) is -2.81. The van der Waals surface area contributed by atoms with Gasteiger partial charge in [0.05, 0.1) is 22.9 Å². The lowest BCUT2D eigenvalue weighted by Gasteiger charge is -2.35. The highest BCUT2D eigenvalue weighted by molar-refractivity contribution is 6.09. The molecule has 4 aromatic rings. The van der Waals surface area contributed by atoms with Gasteiger partial charge >= 0.3 is 0 Å². The average molecular weight is 560 g/mol. The minimum Gasteiger partial charge on any atom is -0.341 e. The molecule has 1 atom stereocenters. The first-order valence-corrected chi connectivity index (χ1v) is 15.1. The quantitative estimate of drug-likeness (QED) is 0.209. The third-order valence-electron chi connectivity index (χ3n) is 8.90. The molecule has 1 aromatic carbocycles. The zero-order valence-corrected chi connectivity index (χ0v) is 23.9. The van der Waals surface area contributed by atoms with Crippen LogP contribution in [0.3, 0.4) is 0 Å². The van der Waals surface area contributed by atoms with Crippen LogP contribution in [0.25, 0.3) is 21.8 Å². The monoisotopic (exact) mass is 559 g/mol. The van der Waals surface area contributed by atoms with Gasteiger partial charge in [-0.3, -0.25) is 19.7 Å². The number of fused-ring (bicyclic) bond motifs is 4.